The summed E-state index contributed by atoms with van der Waals surface area (Å²) >= 11 is 1.54. The van der Waals surface area contributed by atoms with E-state index in [9.17, 15) is 9.90 Å². The quantitative estimate of drug-likeness (QED) is 0.866. The molecule has 0 radical (unpaired) electrons. The summed E-state index contributed by atoms with van der Waals surface area (Å²) in [6.07, 6.45) is 0. The lowest BCUT2D eigenvalue weighted by Crippen LogP contribution is -2.47. The molecule has 0 unspecified atom stereocenters. The summed E-state index contributed by atoms with van der Waals surface area (Å²) in [5.41, 5.74) is 0.581. The van der Waals surface area contributed by atoms with E-state index in [0.29, 0.717) is 5.56 Å². The number of thiophene rings is 1. The molecule has 4 nitrogen and oxygen atoms in total. The Kier molecular flexibility index (Phi) is 3.16. The smallest absolute Gasteiger partial charge is 0.254 e. The summed E-state index contributed by atoms with van der Waals surface area (Å²) in [7, 11) is 2.06. The Morgan fingerprint density at radius 2 is 2.00 bits per heavy atom. The number of hydrogen-bond acceptors (Lipinski definition) is 4. The van der Waals surface area contributed by atoms with Crippen LogP contribution >= 0.6 is 11.3 Å². The number of phenolic OH excluding ortho intramolecular Hbond substituents is 1. The van der Waals surface area contributed by atoms with E-state index in [0.717, 1.165) is 36.3 Å². The van der Waals surface area contributed by atoms with Gasteiger partial charge in [0.15, 0.2) is 0 Å². The SMILES string of the molecule is CN1CCN(C(=O)c2cc(O)c3ccsc3c2)CC1. The largest absolute Gasteiger partial charge is 0.507 e. The van der Waals surface area contributed by atoms with E-state index in [1.54, 1.807) is 17.4 Å². The van der Waals surface area contributed by atoms with Crippen molar-refractivity contribution in [2.75, 3.05) is 33.2 Å². The van der Waals surface area contributed by atoms with Gasteiger partial charge in [0, 0.05) is 41.8 Å². The van der Waals surface area contributed by atoms with Crippen LogP contribution < -0.4 is 0 Å². The van der Waals surface area contributed by atoms with Gasteiger partial charge in [-0.1, -0.05) is 0 Å². The Morgan fingerprint density at radius 3 is 2.74 bits per heavy atom. The molecule has 1 aromatic heterocycles. The predicted octanol–water partition coefficient (Wildman–Crippen LogP) is 1.99. The van der Waals surface area contributed by atoms with Gasteiger partial charge in [-0.3, -0.25) is 4.79 Å². The first-order chi connectivity index (χ1) is 9.15. The maximum atomic E-state index is 12.4. The van der Waals surface area contributed by atoms with Crippen LogP contribution in [0.2, 0.25) is 0 Å². The molecule has 1 amide bonds. The third-order valence-corrected chi connectivity index (χ3v) is 4.45. The van der Waals surface area contributed by atoms with Crippen LogP contribution in [0.3, 0.4) is 0 Å². The molecule has 2 aromatic rings. The lowest BCUT2D eigenvalue weighted by molar-refractivity contribution is 0.0664. The van der Waals surface area contributed by atoms with Crippen molar-refractivity contribution in [2.45, 2.75) is 0 Å². The van der Waals surface area contributed by atoms with Crippen LogP contribution in [0.15, 0.2) is 23.6 Å². The fourth-order valence-electron chi connectivity index (χ4n) is 2.37. The van der Waals surface area contributed by atoms with Gasteiger partial charge in [0.05, 0.1) is 0 Å². The second kappa shape index (κ2) is 4.83. The number of likely N-dealkylation sites (N-methyl/N-ethyl adjacent to an activating group) is 1. The van der Waals surface area contributed by atoms with E-state index < -0.39 is 0 Å². The zero-order valence-corrected chi connectivity index (χ0v) is 11.6. The van der Waals surface area contributed by atoms with E-state index in [4.69, 9.17) is 0 Å². The zero-order valence-electron chi connectivity index (χ0n) is 10.8. The molecular weight excluding hydrogens is 260 g/mol. The number of piperazine rings is 1. The van der Waals surface area contributed by atoms with Crippen LogP contribution in [-0.2, 0) is 0 Å². The molecule has 1 N–H and O–H groups in total. The van der Waals surface area contributed by atoms with Crippen LogP contribution in [0.5, 0.6) is 5.75 Å². The second-order valence-electron chi connectivity index (χ2n) is 4.92. The van der Waals surface area contributed by atoms with Crippen molar-refractivity contribution in [3.05, 3.63) is 29.1 Å². The van der Waals surface area contributed by atoms with Crippen molar-refractivity contribution in [3.63, 3.8) is 0 Å². The fraction of sp³-hybridized carbons (Fsp3) is 0.357. The summed E-state index contributed by atoms with van der Waals surface area (Å²) in [5.74, 6) is 0.204. The van der Waals surface area contributed by atoms with E-state index in [1.807, 2.05) is 22.4 Å². The Bertz CT molecular complexity index is 615. The second-order valence-corrected chi connectivity index (χ2v) is 5.87. The van der Waals surface area contributed by atoms with Crippen LogP contribution in [0, 0.1) is 0 Å². The van der Waals surface area contributed by atoms with Crippen LogP contribution in [0.25, 0.3) is 10.1 Å². The number of nitrogens with zero attached hydrogens (tertiary/aromatic N) is 2. The maximum absolute atomic E-state index is 12.4. The van der Waals surface area contributed by atoms with Gasteiger partial charge in [0.2, 0.25) is 0 Å². The van der Waals surface area contributed by atoms with Crippen molar-refractivity contribution in [1.82, 2.24) is 9.80 Å². The summed E-state index contributed by atoms with van der Waals surface area (Å²) in [4.78, 5) is 16.5. The number of carbonyl (C=O) groups excluding carboxylic acids is 1. The van der Waals surface area contributed by atoms with Crippen molar-refractivity contribution >= 4 is 27.3 Å². The van der Waals surface area contributed by atoms with Gasteiger partial charge in [-0.25, -0.2) is 0 Å². The summed E-state index contributed by atoms with van der Waals surface area (Å²) in [6, 6.07) is 5.33. The fourth-order valence-corrected chi connectivity index (χ4v) is 3.21. The number of hydrogen-bond donors (Lipinski definition) is 1. The Balaban J connectivity index is 1.89. The minimum atomic E-state index is 0.0127. The van der Waals surface area contributed by atoms with Crippen LogP contribution in [-0.4, -0.2) is 54.0 Å². The van der Waals surface area contributed by atoms with Crippen molar-refractivity contribution in [1.29, 1.82) is 0 Å². The highest BCUT2D eigenvalue weighted by Crippen LogP contribution is 2.31. The first-order valence-corrected chi connectivity index (χ1v) is 7.21. The zero-order chi connectivity index (χ0) is 13.4. The highest BCUT2D eigenvalue weighted by Gasteiger charge is 2.21. The lowest BCUT2D eigenvalue weighted by Gasteiger charge is -2.32. The third-order valence-electron chi connectivity index (χ3n) is 3.59. The van der Waals surface area contributed by atoms with Gasteiger partial charge >= 0.3 is 0 Å². The minimum absolute atomic E-state index is 0.0127. The molecule has 3 rings (SSSR count). The molecule has 2 heterocycles. The molecular formula is C14H16N2O2S. The van der Waals surface area contributed by atoms with Gasteiger partial charge in [-0.2, -0.15) is 0 Å². The van der Waals surface area contributed by atoms with Gasteiger partial charge in [-0.05, 0) is 30.6 Å². The van der Waals surface area contributed by atoms with Crippen molar-refractivity contribution in [3.8, 4) is 5.75 Å². The molecule has 0 atom stereocenters. The molecule has 1 fully saturated rings. The molecule has 0 spiro atoms. The molecule has 1 aliphatic heterocycles. The highest BCUT2D eigenvalue weighted by atomic mass is 32.1. The van der Waals surface area contributed by atoms with Crippen LogP contribution in [0.4, 0.5) is 0 Å². The van der Waals surface area contributed by atoms with E-state index >= 15 is 0 Å². The van der Waals surface area contributed by atoms with E-state index in [1.165, 1.54) is 0 Å². The first-order valence-electron chi connectivity index (χ1n) is 6.33. The third kappa shape index (κ3) is 2.31. The first kappa shape index (κ1) is 12.4. The molecule has 5 heteroatoms. The molecule has 100 valence electrons. The highest BCUT2D eigenvalue weighted by molar-refractivity contribution is 7.17. The summed E-state index contributed by atoms with van der Waals surface area (Å²) in [5, 5.41) is 12.7. The van der Waals surface area contributed by atoms with Gasteiger partial charge in [0.1, 0.15) is 5.75 Å². The van der Waals surface area contributed by atoms with Crippen molar-refractivity contribution < 1.29 is 9.90 Å². The normalized spacial score (nSPS) is 17.0. The van der Waals surface area contributed by atoms with Crippen molar-refractivity contribution in [2.24, 2.45) is 0 Å². The molecule has 0 aliphatic carbocycles. The van der Waals surface area contributed by atoms with Gasteiger partial charge in [-0.15, -0.1) is 11.3 Å². The Labute approximate surface area is 115 Å². The number of aromatic hydroxyl groups is 1. The molecule has 0 saturated carbocycles. The number of phenols is 1. The molecule has 1 aromatic carbocycles. The topological polar surface area (TPSA) is 43.8 Å². The maximum Gasteiger partial charge on any atom is 0.254 e. The predicted molar refractivity (Wildman–Crippen MR) is 76.9 cm³/mol. The summed E-state index contributed by atoms with van der Waals surface area (Å²) < 4.78 is 0.956. The Hall–Kier alpha value is -1.59. The standard InChI is InChI=1S/C14H16N2O2S/c1-15-3-5-16(6-4-15)14(18)10-8-12(17)11-2-7-19-13(11)9-10/h2,7-9,17H,3-6H2,1H3. The number of benzene rings is 1. The monoisotopic (exact) mass is 276 g/mol. The number of rotatable bonds is 1. The minimum Gasteiger partial charge on any atom is -0.507 e. The molecule has 1 saturated heterocycles. The lowest BCUT2D eigenvalue weighted by atomic mass is 10.1. The average Bonchev–Trinajstić information content (AvgIpc) is 2.87. The average molecular weight is 276 g/mol. The molecule has 19 heavy (non-hydrogen) atoms. The number of amides is 1. The number of fused-ring (bicyclic) bond motifs is 1. The Morgan fingerprint density at radius 1 is 1.26 bits per heavy atom. The van der Waals surface area contributed by atoms with Crippen LogP contribution in [0.1, 0.15) is 10.4 Å². The van der Waals surface area contributed by atoms with Gasteiger partial charge in [0.25, 0.3) is 5.91 Å². The summed E-state index contributed by atoms with van der Waals surface area (Å²) in [6.45, 7) is 3.30. The molecule has 1 aliphatic rings. The van der Waals surface area contributed by atoms with E-state index in [2.05, 4.69) is 11.9 Å². The number of carbonyl (C=O) groups is 1. The van der Waals surface area contributed by atoms with E-state index in [-0.39, 0.29) is 11.7 Å². The molecule has 0 bridgehead atoms. The van der Waals surface area contributed by atoms with Gasteiger partial charge < -0.3 is 14.9 Å².